The van der Waals surface area contributed by atoms with Gasteiger partial charge in [0.1, 0.15) is 17.7 Å². The normalized spacial score (nSPS) is 14.7. The molecule has 0 aliphatic carbocycles. The monoisotopic (exact) mass is 607 g/mol. The quantitative estimate of drug-likeness (QED) is 0.200. The van der Waals surface area contributed by atoms with E-state index in [0.29, 0.717) is 34.9 Å². The number of anilines is 3. The molecule has 6 rings (SSSR count). The number of fused-ring (bicyclic) bond motifs is 1. The van der Waals surface area contributed by atoms with Gasteiger partial charge < -0.3 is 9.64 Å². The molecule has 222 valence electrons. The fourth-order valence-electron chi connectivity index (χ4n) is 5.40. The van der Waals surface area contributed by atoms with Crippen LogP contribution in [0.4, 0.5) is 21.5 Å². The molecule has 1 heterocycles. The number of carbonyl (C=O) groups is 1. The molecule has 9 heteroatoms. The third kappa shape index (κ3) is 5.61. The molecular weight excluding hydrogens is 577 g/mol. The molecule has 0 saturated carbocycles. The minimum Gasteiger partial charge on any atom is -0.497 e. The standard InChI is InChI=1S/C35H30FN3O4S/c1-24-12-16-27(17-13-24)39-34(30-10-6-7-11-32(30)36)38(23-25-8-4-3-5-9-25)33-21-20-29(22-31(33)35(39)40)44(41,42)37-26-14-18-28(43-2)19-15-26/h3-22,34,37H,23H2,1-2H3/t34-/m1/s1. The molecule has 0 bridgehead atoms. The summed E-state index contributed by atoms with van der Waals surface area (Å²) in [4.78, 5) is 17.9. The highest BCUT2D eigenvalue weighted by Gasteiger charge is 2.41. The summed E-state index contributed by atoms with van der Waals surface area (Å²) in [5.41, 5.74) is 3.85. The van der Waals surface area contributed by atoms with E-state index in [1.807, 2.05) is 66.4 Å². The molecule has 5 aromatic carbocycles. The zero-order valence-corrected chi connectivity index (χ0v) is 25.0. The Balaban J connectivity index is 1.51. The minimum atomic E-state index is -4.07. The third-order valence-electron chi connectivity index (χ3n) is 7.61. The molecule has 0 aromatic heterocycles. The van der Waals surface area contributed by atoms with Crippen molar-refractivity contribution in [2.75, 3.05) is 21.6 Å². The van der Waals surface area contributed by atoms with Gasteiger partial charge in [0.2, 0.25) is 0 Å². The number of carbonyl (C=O) groups excluding carboxylic acids is 1. The van der Waals surface area contributed by atoms with E-state index in [1.165, 1.54) is 30.2 Å². The van der Waals surface area contributed by atoms with Crippen molar-refractivity contribution >= 4 is 33.0 Å². The molecule has 1 N–H and O–H groups in total. The molecular formula is C35H30FN3O4S. The molecule has 0 fully saturated rings. The van der Waals surface area contributed by atoms with Gasteiger partial charge in [0.25, 0.3) is 15.9 Å². The van der Waals surface area contributed by atoms with Gasteiger partial charge in [-0.05, 0) is 73.2 Å². The number of hydrogen-bond acceptors (Lipinski definition) is 5. The summed E-state index contributed by atoms with van der Waals surface area (Å²) in [5.74, 6) is -0.304. The van der Waals surface area contributed by atoms with Crippen LogP contribution in [0.15, 0.2) is 126 Å². The maximum atomic E-state index is 15.6. The predicted octanol–water partition coefficient (Wildman–Crippen LogP) is 7.31. The van der Waals surface area contributed by atoms with E-state index in [9.17, 15) is 13.2 Å². The minimum absolute atomic E-state index is 0.0757. The molecule has 7 nitrogen and oxygen atoms in total. The van der Waals surface area contributed by atoms with Crippen molar-refractivity contribution in [3.8, 4) is 5.75 Å². The number of methoxy groups -OCH3 is 1. The van der Waals surface area contributed by atoms with Crippen molar-refractivity contribution < 1.29 is 22.3 Å². The van der Waals surface area contributed by atoms with Crippen molar-refractivity contribution in [1.82, 2.24) is 0 Å². The molecule has 44 heavy (non-hydrogen) atoms. The second-order valence-corrected chi connectivity index (χ2v) is 12.2. The van der Waals surface area contributed by atoms with Gasteiger partial charge in [-0.25, -0.2) is 12.8 Å². The lowest BCUT2D eigenvalue weighted by Crippen LogP contribution is -2.50. The van der Waals surface area contributed by atoms with E-state index in [-0.39, 0.29) is 10.5 Å². The Hall–Kier alpha value is -5.15. The van der Waals surface area contributed by atoms with Gasteiger partial charge in [-0.2, -0.15) is 0 Å². The number of amides is 1. The average Bonchev–Trinajstić information content (AvgIpc) is 3.04. The number of nitrogens with one attached hydrogen (secondary N) is 1. The van der Waals surface area contributed by atoms with Gasteiger partial charge in [-0.15, -0.1) is 0 Å². The molecule has 0 unspecified atom stereocenters. The Morgan fingerprint density at radius 2 is 1.52 bits per heavy atom. The lowest BCUT2D eigenvalue weighted by atomic mass is 9.98. The molecule has 1 aliphatic rings. The van der Waals surface area contributed by atoms with Crippen LogP contribution in [0.5, 0.6) is 5.75 Å². The van der Waals surface area contributed by atoms with Crippen LogP contribution in [-0.4, -0.2) is 21.4 Å². The highest BCUT2D eigenvalue weighted by molar-refractivity contribution is 7.92. The summed E-state index contributed by atoms with van der Waals surface area (Å²) in [5, 5.41) is 0. The third-order valence-corrected chi connectivity index (χ3v) is 8.99. The fraction of sp³-hybridized carbons (Fsp3) is 0.114. The van der Waals surface area contributed by atoms with Gasteiger partial charge in [0, 0.05) is 23.5 Å². The summed E-state index contributed by atoms with van der Waals surface area (Å²) < 4.78 is 50.3. The first-order chi connectivity index (χ1) is 21.2. The lowest BCUT2D eigenvalue weighted by Gasteiger charge is -2.46. The average molecular weight is 608 g/mol. The van der Waals surface area contributed by atoms with Gasteiger partial charge in [-0.3, -0.25) is 14.4 Å². The Bertz CT molecular complexity index is 1910. The van der Waals surface area contributed by atoms with E-state index in [0.717, 1.165) is 11.1 Å². The zero-order valence-electron chi connectivity index (χ0n) is 24.1. The second-order valence-electron chi connectivity index (χ2n) is 10.5. The van der Waals surface area contributed by atoms with E-state index >= 15 is 4.39 Å². The Morgan fingerprint density at radius 3 is 2.20 bits per heavy atom. The molecule has 5 aromatic rings. The van der Waals surface area contributed by atoms with Gasteiger partial charge in [0.15, 0.2) is 0 Å². The lowest BCUT2D eigenvalue weighted by molar-refractivity contribution is 0.0967. The van der Waals surface area contributed by atoms with E-state index in [1.54, 1.807) is 48.5 Å². The van der Waals surface area contributed by atoms with Crippen LogP contribution in [0.1, 0.15) is 33.2 Å². The fourth-order valence-corrected chi connectivity index (χ4v) is 6.48. The number of nitrogens with zero attached hydrogens (tertiary/aromatic N) is 2. The van der Waals surface area contributed by atoms with E-state index < -0.39 is 27.9 Å². The maximum absolute atomic E-state index is 15.6. The largest absolute Gasteiger partial charge is 0.497 e. The summed E-state index contributed by atoms with van der Waals surface area (Å²) in [7, 11) is -2.54. The van der Waals surface area contributed by atoms with Crippen LogP contribution in [-0.2, 0) is 16.6 Å². The number of benzene rings is 5. The first-order valence-electron chi connectivity index (χ1n) is 14.0. The number of ether oxygens (including phenoxy) is 1. The number of hydrogen-bond donors (Lipinski definition) is 1. The Morgan fingerprint density at radius 1 is 0.841 bits per heavy atom. The SMILES string of the molecule is COc1ccc(NS(=O)(=O)c2ccc3c(c2)C(=O)N(c2ccc(C)cc2)[C@H](c2ccccc2F)N3Cc2ccccc2)cc1. The molecule has 0 saturated heterocycles. The van der Waals surface area contributed by atoms with E-state index in [2.05, 4.69) is 4.72 Å². The van der Waals surface area contributed by atoms with Crippen molar-refractivity contribution in [2.24, 2.45) is 0 Å². The summed E-state index contributed by atoms with van der Waals surface area (Å²) in [6, 6.07) is 34.5. The molecule has 0 radical (unpaired) electrons. The maximum Gasteiger partial charge on any atom is 0.262 e. The van der Waals surface area contributed by atoms with Crippen LogP contribution < -0.4 is 19.3 Å². The molecule has 0 spiro atoms. The summed E-state index contributed by atoms with van der Waals surface area (Å²) in [6.45, 7) is 2.28. The van der Waals surface area contributed by atoms with Crippen LogP contribution in [0.2, 0.25) is 0 Å². The first kappa shape index (κ1) is 28.9. The van der Waals surface area contributed by atoms with Gasteiger partial charge >= 0.3 is 0 Å². The van der Waals surface area contributed by atoms with Gasteiger partial charge in [-0.1, -0.05) is 66.2 Å². The summed E-state index contributed by atoms with van der Waals surface area (Å²) in [6.07, 6.45) is -0.848. The first-order valence-corrected chi connectivity index (χ1v) is 15.5. The van der Waals surface area contributed by atoms with E-state index in [4.69, 9.17) is 4.74 Å². The smallest absolute Gasteiger partial charge is 0.262 e. The Labute approximate surface area is 256 Å². The highest BCUT2D eigenvalue weighted by atomic mass is 32.2. The van der Waals surface area contributed by atoms with Crippen molar-refractivity contribution in [2.45, 2.75) is 24.5 Å². The predicted molar refractivity (Wildman–Crippen MR) is 170 cm³/mol. The van der Waals surface area contributed by atoms with Crippen LogP contribution in [0.3, 0.4) is 0 Å². The molecule has 1 amide bonds. The number of aryl methyl sites for hydroxylation is 1. The molecule has 1 atom stereocenters. The number of sulfonamides is 1. The van der Waals surface area contributed by atoms with Crippen molar-refractivity contribution in [1.29, 1.82) is 0 Å². The Kier molecular flexibility index (Phi) is 7.80. The van der Waals surface area contributed by atoms with Crippen LogP contribution in [0, 0.1) is 12.7 Å². The number of rotatable bonds is 8. The zero-order chi connectivity index (χ0) is 30.8. The second kappa shape index (κ2) is 11.9. The topological polar surface area (TPSA) is 78.9 Å². The summed E-state index contributed by atoms with van der Waals surface area (Å²) >= 11 is 0. The number of halogens is 1. The van der Waals surface area contributed by atoms with Crippen LogP contribution >= 0.6 is 0 Å². The highest BCUT2D eigenvalue weighted by Crippen LogP contribution is 2.43. The van der Waals surface area contributed by atoms with Crippen molar-refractivity contribution in [3.63, 3.8) is 0 Å². The molecule has 1 aliphatic heterocycles. The van der Waals surface area contributed by atoms with Crippen LogP contribution in [0.25, 0.3) is 0 Å². The van der Waals surface area contributed by atoms with Gasteiger partial charge in [0.05, 0.1) is 23.3 Å². The van der Waals surface area contributed by atoms with Crippen molar-refractivity contribution in [3.05, 3.63) is 149 Å².